The SMILES string of the molecule is COc1ccc(C(N)C(OC)OC)c(OC)c1. The first-order chi connectivity index (χ1) is 8.17. The molecule has 0 saturated heterocycles. The van der Waals surface area contributed by atoms with E-state index in [1.807, 2.05) is 12.1 Å². The molecule has 1 aromatic rings. The summed E-state index contributed by atoms with van der Waals surface area (Å²) >= 11 is 0. The van der Waals surface area contributed by atoms with Crippen molar-refractivity contribution >= 4 is 0 Å². The van der Waals surface area contributed by atoms with E-state index in [0.29, 0.717) is 11.5 Å². The molecule has 0 bridgehead atoms. The largest absolute Gasteiger partial charge is 0.497 e. The number of rotatable bonds is 6. The molecule has 0 radical (unpaired) electrons. The highest BCUT2D eigenvalue weighted by molar-refractivity contribution is 5.42. The number of benzene rings is 1. The fourth-order valence-corrected chi connectivity index (χ4v) is 1.63. The smallest absolute Gasteiger partial charge is 0.176 e. The van der Waals surface area contributed by atoms with E-state index in [1.54, 1.807) is 34.5 Å². The van der Waals surface area contributed by atoms with Gasteiger partial charge in [-0.1, -0.05) is 0 Å². The van der Waals surface area contributed by atoms with Crippen molar-refractivity contribution in [1.82, 2.24) is 0 Å². The second-order valence-electron chi connectivity index (χ2n) is 3.47. The molecule has 0 saturated carbocycles. The molecule has 0 fully saturated rings. The van der Waals surface area contributed by atoms with Crippen LogP contribution in [0.4, 0.5) is 0 Å². The quantitative estimate of drug-likeness (QED) is 0.761. The van der Waals surface area contributed by atoms with Crippen LogP contribution in [0.3, 0.4) is 0 Å². The molecule has 0 aromatic heterocycles. The Labute approximate surface area is 101 Å². The maximum Gasteiger partial charge on any atom is 0.176 e. The van der Waals surface area contributed by atoms with Gasteiger partial charge in [0, 0.05) is 25.8 Å². The molecular weight excluding hydrogens is 222 g/mol. The first kappa shape index (κ1) is 13.8. The lowest BCUT2D eigenvalue weighted by Gasteiger charge is -2.23. The van der Waals surface area contributed by atoms with E-state index in [4.69, 9.17) is 24.7 Å². The average molecular weight is 241 g/mol. The van der Waals surface area contributed by atoms with Crippen molar-refractivity contribution in [3.8, 4) is 11.5 Å². The van der Waals surface area contributed by atoms with Crippen molar-refractivity contribution in [1.29, 1.82) is 0 Å². The molecule has 5 nitrogen and oxygen atoms in total. The lowest BCUT2D eigenvalue weighted by Crippen LogP contribution is -2.29. The van der Waals surface area contributed by atoms with Gasteiger partial charge in [-0.15, -0.1) is 0 Å². The highest BCUT2D eigenvalue weighted by atomic mass is 16.7. The third kappa shape index (κ3) is 3.09. The fraction of sp³-hybridized carbons (Fsp3) is 0.500. The Kier molecular flexibility index (Phi) is 5.21. The van der Waals surface area contributed by atoms with Crippen molar-refractivity contribution in [2.45, 2.75) is 12.3 Å². The van der Waals surface area contributed by atoms with E-state index in [1.165, 1.54) is 0 Å². The van der Waals surface area contributed by atoms with Crippen LogP contribution in [0.5, 0.6) is 11.5 Å². The van der Waals surface area contributed by atoms with Crippen molar-refractivity contribution < 1.29 is 18.9 Å². The third-order valence-electron chi connectivity index (χ3n) is 2.56. The van der Waals surface area contributed by atoms with Gasteiger partial charge in [0.1, 0.15) is 11.5 Å². The van der Waals surface area contributed by atoms with Crippen LogP contribution in [0.15, 0.2) is 18.2 Å². The Bertz CT molecular complexity index is 352. The number of methoxy groups -OCH3 is 4. The molecule has 1 rings (SSSR count). The molecule has 0 heterocycles. The van der Waals surface area contributed by atoms with E-state index < -0.39 is 12.3 Å². The summed E-state index contributed by atoms with van der Waals surface area (Å²) in [6, 6.07) is 5.01. The number of hydrogen-bond donors (Lipinski definition) is 1. The average Bonchev–Trinajstić information content (AvgIpc) is 2.39. The first-order valence-electron chi connectivity index (χ1n) is 5.21. The molecule has 0 aliphatic rings. The zero-order valence-electron chi connectivity index (χ0n) is 10.6. The molecule has 1 atom stereocenters. The van der Waals surface area contributed by atoms with E-state index in [0.717, 1.165) is 5.56 Å². The Morgan fingerprint density at radius 3 is 2.12 bits per heavy atom. The summed E-state index contributed by atoms with van der Waals surface area (Å²) in [4.78, 5) is 0. The predicted octanol–water partition coefficient (Wildman–Crippen LogP) is 1.32. The van der Waals surface area contributed by atoms with Crippen molar-refractivity contribution in [2.75, 3.05) is 28.4 Å². The van der Waals surface area contributed by atoms with Gasteiger partial charge in [-0.2, -0.15) is 0 Å². The maximum absolute atomic E-state index is 6.06. The second kappa shape index (κ2) is 6.44. The zero-order chi connectivity index (χ0) is 12.8. The van der Waals surface area contributed by atoms with Gasteiger partial charge in [-0.05, 0) is 12.1 Å². The first-order valence-corrected chi connectivity index (χ1v) is 5.21. The monoisotopic (exact) mass is 241 g/mol. The summed E-state index contributed by atoms with van der Waals surface area (Å²) in [5, 5.41) is 0. The molecule has 0 aliphatic heterocycles. The summed E-state index contributed by atoms with van der Waals surface area (Å²) < 4.78 is 20.7. The summed E-state index contributed by atoms with van der Waals surface area (Å²) in [5.41, 5.74) is 6.86. The molecule has 17 heavy (non-hydrogen) atoms. The molecule has 0 amide bonds. The third-order valence-corrected chi connectivity index (χ3v) is 2.56. The Balaban J connectivity index is 3.03. The van der Waals surface area contributed by atoms with E-state index in [2.05, 4.69) is 0 Å². The molecule has 0 aliphatic carbocycles. The summed E-state index contributed by atoms with van der Waals surface area (Å²) in [5.74, 6) is 1.36. The molecule has 2 N–H and O–H groups in total. The summed E-state index contributed by atoms with van der Waals surface area (Å²) in [6.45, 7) is 0. The van der Waals surface area contributed by atoms with Crippen LogP contribution in [-0.2, 0) is 9.47 Å². The van der Waals surface area contributed by atoms with Crippen molar-refractivity contribution in [3.63, 3.8) is 0 Å². The maximum atomic E-state index is 6.06. The lowest BCUT2D eigenvalue weighted by atomic mass is 10.1. The molecular formula is C12H19NO4. The normalized spacial score (nSPS) is 12.6. The van der Waals surface area contributed by atoms with Crippen LogP contribution in [0.25, 0.3) is 0 Å². The molecule has 1 aromatic carbocycles. The zero-order valence-corrected chi connectivity index (χ0v) is 10.6. The lowest BCUT2D eigenvalue weighted by molar-refractivity contribution is -0.117. The van der Waals surface area contributed by atoms with Crippen LogP contribution in [0.1, 0.15) is 11.6 Å². The fourth-order valence-electron chi connectivity index (χ4n) is 1.63. The van der Waals surface area contributed by atoms with Gasteiger partial charge >= 0.3 is 0 Å². The molecule has 5 heteroatoms. The van der Waals surface area contributed by atoms with Gasteiger partial charge < -0.3 is 24.7 Å². The number of ether oxygens (including phenoxy) is 4. The van der Waals surface area contributed by atoms with Crippen LogP contribution in [0, 0.1) is 0 Å². The second-order valence-corrected chi connectivity index (χ2v) is 3.47. The van der Waals surface area contributed by atoms with Crippen LogP contribution >= 0.6 is 0 Å². The summed E-state index contributed by atoms with van der Waals surface area (Å²) in [7, 11) is 6.27. The predicted molar refractivity (Wildman–Crippen MR) is 64.3 cm³/mol. The van der Waals surface area contributed by atoms with Gasteiger partial charge in [0.2, 0.25) is 0 Å². The molecule has 96 valence electrons. The highest BCUT2D eigenvalue weighted by Gasteiger charge is 2.22. The minimum atomic E-state index is -0.516. The van der Waals surface area contributed by atoms with E-state index >= 15 is 0 Å². The van der Waals surface area contributed by atoms with Crippen LogP contribution in [0.2, 0.25) is 0 Å². The Hall–Kier alpha value is -1.30. The van der Waals surface area contributed by atoms with E-state index in [9.17, 15) is 0 Å². The number of nitrogens with two attached hydrogens (primary N) is 1. The van der Waals surface area contributed by atoms with Crippen LogP contribution in [-0.4, -0.2) is 34.7 Å². The van der Waals surface area contributed by atoms with Crippen LogP contribution < -0.4 is 15.2 Å². The highest BCUT2D eigenvalue weighted by Crippen LogP contribution is 2.30. The minimum Gasteiger partial charge on any atom is -0.497 e. The molecule has 0 spiro atoms. The van der Waals surface area contributed by atoms with Crippen molar-refractivity contribution in [3.05, 3.63) is 23.8 Å². The van der Waals surface area contributed by atoms with Gasteiger partial charge in [0.15, 0.2) is 6.29 Å². The topological polar surface area (TPSA) is 62.9 Å². The van der Waals surface area contributed by atoms with E-state index in [-0.39, 0.29) is 0 Å². The van der Waals surface area contributed by atoms with Crippen molar-refractivity contribution in [2.24, 2.45) is 5.73 Å². The standard InChI is InChI=1S/C12H19NO4/c1-14-8-5-6-9(10(7-8)15-2)11(13)12(16-3)17-4/h5-7,11-12H,13H2,1-4H3. The van der Waals surface area contributed by atoms with Gasteiger partial charge in [0.25, 0.3) is 0 Å². The van der Waals surface area contributed by atoms with Gasteiger partial charge in [0.05, 0.1) is 20.3 Å². The summed E-state index contributed by atoms with van der Waals surface area (Å²) in [6.07, 6.45) is -0.516. The Morgan fingerprint density at radius 1 is 1.00 bits per heavy atom. The minimum absolute atomic E-state index is 0.425. The van der Waals surface area contributed by atoms with Gasteiger partial charge in [-0.3, -0.25) is 0 Å². The Morgan fingerprint density at radius 2 is 1.65 bits per heavy atom. The number of hydrogen-bond acceptors (Lipinski definition) is 5. The molecule has 1 unspecified atom stereocenters. The van der Waals surface area contributed by atoms with Gasteiger partial charge in [-0.25, -0.2) is 0 Å².